The van der Waals surface area contributed by atoms with E-state index in [1.54, 1.807) is 0 Å². The lowest BCUT2D eigenvalue weighted by Gasteiger charge is -2.00. The molecule has 0 aromatic heterocycles. The van der Waals surface area contributed by atoms with Crippen LogP contribution in [0, 0.1) is 0 Å². The molecule has 1 aromatic rings. The van der Waals surface area contributed by atoms with E-state index in [2.05, 4.69) is 16.3 Å². The Balaban J connectivity index is 2.07. The zero-order valence-electron chi connectivity index (χ0n) is 8.43. The summed E-state index contributed by atoms with van der Waals surface area (Å²) < 4.78 is 0. The van der Waals surface area contributed by atoms with Gasteiger partial charge in [0, 0.05) is 5.69 Å². The van der Waals surface area contributed by atoms with E-state index in [-0.39, 0.29) is 0 Å². The van der Waals surface area contributed by atoms with Gasteiger partial charge >= 0.3 is 0 Å². The van der Waals surface area contributed by atoms with Gasteiger partial charge in [0.2, 0.25) is 0 Å². The molecule has 0 atom stereocenters. The second kappa shape index (κ2) is 4.55. The van der Waals surface area contributed by atoms with Gasteiger partial charge in [-0.2, -0.15) is 10.2 Å². The normalized spacial score (nSPS) is 15.6. The molecule has 2 N–H and O–H groups in total. The average Bonchev–Trinajstić information content (AvgIpc) is 2.30. The smallest absolute Gasteiger partial charge is 0.0858 e. The lowest BCUT2D eigenvalue weighted by atomic mass is 10.1. The molecule has 0 heterocycles. The van der Waals surface area contributed by atoms with Crippen LogP contribution in [0.3, 0.4) is 0 Å². The fourth-order valence-electron chi connectivity index (χ4n) is 1.34. The topological polar surface area (TPSA) is 50.7 Å². The van der Waals surface area contributed by atoms with Crippen molar-refractivity contribution in [3.63, 3.8) is 0 Å². The lowest BCUT2D eigenvalue weighted by Crippen LogP contribution is -1.82. The third-order valence-electron chi connectivity index (χ3n) is 2.18. The Hall–Kier alpha value is -1.90. The average molecular weight is 199 g/mol. The Morgan fingerprint density at radius 1 is 1.07 bits per heavy atom. The maximum absolute atomic E-state index is 5.57. The van der Waals surface area contributed by atoms with Gasteiger partial charge in [0.1, 0.15) is 0 Å². The second-order valence-electron chi connectivity index (χ2n) is 3.42. The van der Waals surface area contributed by atoms with Crippen LogP contribution in [0.1, 0.15) is 12.8 Å². The molecule has 1 aliphatic rings. The zero-order chi connectivity index (χ0) is 10.5. The van der Waals surface area contributed by atoms with Crippen molar-refractivity contribution in [2.24, 2.45) is 10.2 Å². The van der Waals surface area contributed by atoms with Crippen LogP contribution in [-0.2, 0) is 0 Å². The minimum atomic E-state index is 0.744. The van der Waals surface area contributed by atoms with Gasteiger partial charge in [-0.05, 0) is 43.2 Å². The highest BCUT2D eigenvalue weighted by molar-refractivity contribution is 5.47. The molecule has 3 heteroatoms. The molecule has 1 aliphatic carbocycles. The first-order chi connectivity index (χ1) is 7.34. The van der Waals surface area contributed by atoms with Crippen molar-refractivity contribution < 1.29 is 0 Å². The summed E-state index contributed by atoms with van der Waals surface area (Å²) in [4.78, 5) is 0. The summed E-state index contributed by atoms with van der Waals surface area (Å²) in [6.07, 6.45) is 8.15. The molecule has 76 valence electrons. The Labute approximate surface area is 89.0 Å². The maximum atomic E-state index is 5.57. The number of rotatable bonds is 2. The summed E-state index contributed by atoms with van der Waals surface area (Å²) >= 11 is 0. The number of allylic oxidation sites excluding steroid dienone is 4. The summed E-state index contributed by atoms with van der Waals surface area (Å²) in [6, 6.07) is 7.36. The van der Waals surface area contributed by atoms with Gasteiger partial charge in [0.25, 0.3) is 0 Å². The number of hydrogen-bond acceptors (Lipinski definition) is 3. The number of azo groups is 1. The number of nitrogen functional groups attached to an aromatic ring is 1. The Morgan fingerprint density at radius 3 is 2.53 bits per heavy atom. The Morgan fingerprint density at radius 2 is 1.87 bits per heavy atom. The molecule has 0 amide bonds. The van der Waals surface area contributed by atoms with Crippen molar-refractivity contribution in [3.8, 4) is 0 Å². The van der Waals surface area contributed by atoms with Crippen molar-refractivity contribution in [1.29, 1.82) is 0 Å². The van der Waals surface area contributed by atoms with Crippen LogP contribution in [0.5, 0.6) is 0 Å². The van der Waals surface area contributed by atoms with Crippen LogP contribution in [0.2, 0.25) is 0 Å². The quantitative estimate of drug-likeness (QED) is 0.574. The van der Waals surface area contributed by atoms with Gasteiger partial charge in [0.05, 0.1) is 11.4 Å². The first-order valence-corrected chi connectivity index (χ1v) is 4.97. The highest BCUT2D eigenvalue weighted by Gasteiger charge is 1.96. The molecule has 3 nitrogen and oxygen atoms in total. The summed E-state index contributed by atoms with van der Waals surface area (Å²) in [5, 5.41) is 8.32. The molecule has 0 saturated carbocycles. The van der Waals surface area contributed by atoms with Crippen LogP contribution < -0.4 is 5.73 Å². The van der Waals surface area contributed by atoms with Crippen molar-refractivity contribution in [2.75, 3.05) is 5.73 Å². The largest absolute Gasteiger partial charge is 0.399 e. The van der Waals surface area contributed by atoms with Gasteiger partial charge < -0.3 is 5.73 Å². The highest BCUT2D eigenvalue weighted by atomic mass is 15.1. The van der Waals surface area contributed by atoms with E-state index in [9.17, 15) is 0 Å². The van der Waals surface area contributed by atoms with E-state index < -0.39 is 0 Å². The molecule has 2 rings (SSSR count). The summed E-state index contributed by atoms with van der Waals surface area (Å²) in [5.74, 6) is 0. The van der Waals surface area contributed by atoms with Crippen LogP contribution >= 0.6 is 0 Å². The van der Waals surface area contributed by atoms with Gasteiger partial charge in [-0.15, -0.1) is 0 Å². The predicted molar refractivity (Wildman–Crippen MR) is 61.8 cm³/mol. The molecular formula is C12H13N3. The molecule has 1 aromatic carbocycles. The van der Waals surface area contributed by atoms with Crippen molar-refractivity contribution >= 4 is 11.4 Å². The minimum absolute atomic E-state index is 0.744. The molecule has 0 aliphatic heterocycles. The van der Waals surface area contributed by atoms with E-state index in [0.29, 0.717) is 0 Å². The monoisotopic (exact) mass is 199 g/mol. The van der Waals surface area contributed by atoms with Crippen LogP contribution in [-0.4, -0.2) is 0 Å². The van der Waals surface area contributed by atoms with Gasteiger partial charge in [-0.1, -0.05) is 12.2 Å². The first kappa shape index (κ1) is 9.65. The molecule has 0 spiro atoms. The van der Waals surface area contributed by atoms with Crippen molar-refractivity contribution in [1.82, 2.24) is 0 Å². The number of nitrogens with two attached hydrogens (primary N) is 1. The van der Waals surface area contributed by atoms with Gasteiger partial charge in [-0.3, -0.25) is 0 Å². The molecule has 0 unspecified atom stereocenters. The molecule has 15 heavy (non-hydrogen) atoms. The third kappa shape index (κ3) is 2.77. The maximum Gasteiger partial charge on any atom is 0.0858 e. The van der Waals surface area contributed by atoms with E-state index in [0.717, 1.165) is 29.9 Å². The number of anilines is 1. The predicted octanol–water partition coefficient (Wildman–Crippen LogP) is 3.59. The molecule has 0 fully saturated rings. The van der Waals surface area contributed by atoms with Gasteiger partial charge in [-0.25, -0.2) is 0 Å². The van der Waals surface area contributed by atoms with E-state index in [4.69, 9.17) is 5.73 Å². The number of benzene rings is 1. The minimum Gasteiger partial charge on any atom is -0.399 e. The number of hydrogen-bond donors (Lipinski definition) is 1. The molecular weight excluding hydrogens is 186 g/mol. The van der Waals surface area contributed by atoms with E-state index >= 15 is 0 Å². The zero-order valence-corrected chi connectivity index (χ0v) is 8.43. The van der Waals surface area contributed by atoms with Crippen LogP contribution in [0.25, 0.3) is 0 Å². The third-order valence-corrected chi connectivity index (χ3v) is 2.18. The number of nitrogens with zero attached hydrogens (tertiary/aromatic N) is 2. The Bertz CT molecular complexity index is 413. The summed E-state index contributed by atoms with van der Waals surface area (Å²) in [7, 11) is 0. The molecule has 0 radical (unpaired) electrons. The Kier molecular flexibility index (Phi) is 2.93. The fourth-order valence-corrected chi connectivity index (χ4v) is 1.34. The second-order valence-corrected chi connectivity index (χ2v) is 3.42. The highest BCUT2D eigenvalue weighted by Crippen LogP contribution is 2.18. The van der Waals surface area contributed by atoms with Crippen molar-refractivity contribution in [3.05, 3.63) is 48.2 Å². The van der Waals surface area contributed by atoms with E-state index in [1.807, 2.05) is 36.4 Å². The van der Waals surface area contributed by atoms with Gasteiger partial charge in [0.15, 0.2) is 0 Å². The first-order valence-electron chi connectivity index (χ1n) is 4.97. The molecule has 0 saturated heterocycles. The molecule has 0 bridgehead atoms. The van der Waals surface area contributed by atoms with Crippen molar-refractivity contribution in [2.45, 2.75) is 12.8 Å². The summed E-state index contributed by atoms with van der Waals surface area (Å²) in [5.41, 5.74) is 8.17. The lowest BCUT2D eigenvalue weighted by molar-refractivity contribution is 0.912. The SMILES string of the molecule is Nc1ccc(N=NC2=CC=CCC2)cc1. The van der Waals surface area contributed by atoms with Crippen LogP contribution in [0.4, 0.5) is 11.4 Å². The summed E-state index contributed by atoms with van der Waals surface area (Å²) in [6.45, 7) is 0. The van der Waals surface area contributed by atoms with Crippen LogP contribution in [0.15, 0.2) is 58.4 Å². The van der Waals surface area contributed by atoms with E-state index in [1.165, 1.54) is 0 Å². The standard InChI is InChI=1S/C12H13N3/c13-10-6-8-12(9-7-10)15-14-11-4-2-1-3-5-11/h1-2,4,6-9H,3,5,13H2. The fraction of sp³-hybridized carbons (Fsp3) is 0.167.